The largest absolute Gasteiger partial charge is 0.354 e. The van der Waals surface area contributed by atoms with Crippen LogP contribution in [0.15, 0.2) is 71.5 Å². The molecule has 0 aliphatic carbocycles. The number of fused-ring (bicyclic) bond motifs is 2. The van der Waals surface area contributed by atoms with Gasteiger partial charge in [0.05, 0.1) is 11.1 Å². The zero-order chi connectivity index (χ0) is 19.7. The van der Waals surface area contributed by atoms with Crippen LogP contribution < -0.4 is 10.7 Å². The van der Waals surface area contributed by atoms with Gasteiger partial charge in [-0.25, -0.2) is 0 Å². The van der Waals surface area contributed by atoms with Crippen molar-refractivity contribution in [1.82, 2.24) is 9.88 Å². The van der Waals surface area contributed by atoms with Crippen LogP contribution in [0, 0.1) is 0 Å². The number of rotatable bonds is 4. The minimum absolute atomic E-state index is 0.0768. The van der Waals surface area contributed by atoms with Crippen molar-refractivity contribution < 1.29 is 4.79 Å². The molecule has 28 heavy (non-hydrogen) atoms. The molecule has 4 aromatic rings. The van der Waals surface area contributed by atoms with Crippen LogP contribution in [-0.2, 0) is 6.54 Å². The van der Waals surface area contributed by atoms with E-state index in [1.807, 2.05) is 61.5 Å². The Bertz CT molecular complexity index is 1240. The molecule has 2 N–H and O–H groups in total. The van der Waals surface area contributed by atoms with Gasteiger partial charge in [0.25, 0.3) is 5.91 Å². The van der Waals surface area contributed by atoms with E-state index in [0.717, 1.165) is 11.3 Å². The molecule has 0 atom stereocenters. The van der Waals surface area contributed by atoms with Gasteiger partial charge in [0.2, 0.25) is 0 Å². The molecule has 3 aromatic carbocycles. The van der Waals surface area contributed by atoms with Crippen molar-refractivity contribution in [2.24, 2.45) is 0 Å². The summed E-state index contributed by atoms with van der Waals surface area (Å²) in [6.07, 6.45) is 0. The lowest BCUT2D eigenvalue weighted by atomic mass is 10.1. The number of aromatic nitrogens is 1. The van der Waals surface area contributed by atoms with Crippen LogP contribution in [0.25, 0.3) is 21.8 Å². The van der Waals surface area contributed by atoms with E-state index in [9.17, 15) is 9.59 Å². The first-order valence-corrected chi connectivity index (χ1v) is 9.12. The predicted octanol–water partition coefficient (Wildman–Crippen LogP) is 4.00. The van der Waals surface area contributed by atoms with Gasteiger partial charge in [-0.2, -0.15) is 0 Å². The molecule has 0 saturated heterocycles. The van der Waals surface area contributed by atoms with Gasteiger partial charge in [0, 0.05) is 28.5 Å². The fourth-order valence-electron chi connectivity index (χ4n) is 3.45. The van der Waals surface area contributed by atoms with E-state index in [-0.39, 0.29) is 11.3 Å². The smallest absolute Gasteiger partial charge is 0.257 e. The Balaban J connectivity index is 1.80. The molecule has 0 fully saturated rings. The third kappa shape index (κ3) is 3.28. The number of para-hydroxylation sites is 3. The molecule has 1 amide bonds. The summed E-state index contributed by atoms with van der Waals surface area (Å²) in [5.74, 6) is -0.247. The summed E-state index contributed by atoms with van der Waals surface area (Å²) in [7, 11) is 3.97. The van der Waals surface area contributed by atoms with Crippen LogP contribution in [0.5, 0.6) is 0 Å². The molecule has 4 rings (SSSR count). The highest BCUT2D eigenvalue weighted by Crippen LogP contribution is 2.21. The van der Waals surface area contributed by atoms with Crippen molar-refractivity contribution in [3.63, 3.8) is 0 Å². The number of anilines is 1. The number of pyridine rings is 1. The SMILES string of the molecule is CN(C)Cc1ccccc1NC(=O)c1cccc2c(=O)c3ccccc3[nH]c12. The number of hydrogen-bond acceptors (Lipinski definition) is 3. The lowest BCUT2D eigenvalue weighted by Crippen LogP contribution is -2.17. The van der Waals surface area contributed by atoms with Crippen molar-refractivity contribution in [1.29, 1.82) is 0 Å². The molecule has 0 radical (unpaired) electrons. The van der Waals surface area contributed by atoms with Crippen molar-refractivity contribution in [3.05, 3.63) is 88.1 Å². The molecule has 0 bridgehead atoms. The highest BCUT2D eigenvalue weighted by atomic mass is 16.1. The lowest BCUT2D eigenvalue weighted by Gasteiger charge is -2.15. The fourth-order valence-corrected chi connectivity index (χ4v) is 3.45. The minimum atomic E-state index is -0.247. The quantitative estimate of drug-likeness (QED) is 0.533. The summed E-state index contributed by atoms with van der Waals surface area (Å²) >= 11 is 0. The summed E-state index contributed by atoms with van der Waals surface area (Å²) in [6.45, 7) is 0.716. The topological polar surface area (TPSA) is 65.2 Å². The third-order valence-electron chi connectivity index (χ3n) is 4.74. The number of hydrogen-bond donors (Lipinski definition) is 2. The van der Waals surface area contributed by atoms with E-state index in [4.69, 9.17) is 0 Å². The Kier molecular flexibility index (Phi) is 4.67. The summed E-state index contributed by atoms with van der Waals surface area (Å²) < 4.78 is 0. The van der Waals surface area contributed by atoms with E-state index in [1.165, 1.54) is 0 Å². The average molecular weight is 371 g/mol. The Labute approximate surface area is 162 Å². The maximum Gasteiger partial charge on any atom is 0.257 e. The summed E-state index contributed by atoms with van der Waals surface area (Å²) in [6, 6.07) is 20.3. The average Bonchev–Trinajstić information content (AvgIpc) is 2.69. The monoisotopic (exact) mass is 371 g/mol. The highest BCUT2D eigenvalue weighted by molar-refractivity contribution is 6.13. The number of carbonyl (C=O) groups is 1. The molecule has 5 nitrogen and oxygen atoms in total. The highest BCUT2D eigenvalue weighted by Gasteiger charge is 2.15. The molecule has 0 aliphatic rings. The Morgan fingerprint density at radius 3 is 2.46 bits per heavy atom. The molecule has 140 valence electrons. The van der Waals surface area contributed by atoms with Crippen LogP contribution in [-0.4, -0.2) is 29.9 Å². The van der Waals surface area contributed by atoms with Crippen molar-refractivity contribution in [3.8, 4) is 0 Å². The minimum Gasteiger partial charge on any atom is -0.354 e. The first-order chi connectivity index (χ1) is 13.5. The second-order valence-corrected chi connectivity index (χ2v) is 7.08. The first kappa shape index (κ1) is 17.9. The summed E-state index contributed by atoms with van der Waals surface area (Å²) in [5.41, 5.74) is 3.43. The van der Waals surface area contributed by atoms with Gasteiger partial charge < -0.3 is 15.2 Å². The summed E-state index contributed by atoms with van der Waals surface area (Å²) in [4.78, 5) is 31.2. The number of carbonyl (C=O) groups excluding carboxylic acids is 1. The number of aromatic amines is 1. The number of benzene rings is 3. The van der Waals surface area contributed by atoms with E-state index >= 15 is 0 Å². The van der Waals surface area contributed by atoms with Crippen LogP contribution in [0.3, 0.4) is 0 Å². The van der Waals surface area contributed by atoms with Gasteiger partial charge in [0.15, 0.2) is 5.43 Å². The molecule has 1 aromatic heterocycles. The van der Waals surface area contributed by atoms with Gasteiger partial charge in [0.1, 0.15) is 0 Å². The van der Waals surface area contributed by atoms with Crippen molar-refractivity contribution in [2.45, 2.75) is 6.54 Å². The third-order valence-corrected chi connectivity index (χ3v) is 4.74. The standard InChI is InChI=1S/C23H21N3O2/c1-26(2)14-15-8-3-5-12-19(15)25-23(28)18-11-7-10-17-21(18)24-20-13-6-4-9-16(20)22(17)27/h3-13H,14H2,1-2H3,(H,24,27)(H,25,28). The van der Waals surface area contributed by atoms with E-state index in [2.05, 4.69) is 10.3 Å². The Morgan fingerprint density at radius 1 is 0.929 bits per heavy atom. The van der Waals surface area contributed by atoms with E-state index < -0.39 is 0 Å². The molecular weight excluding hydrogens is 350 g/mol. The van der Waals surface area contributed by atoms with E-state index in [0.29, 0.717) is 33.9 Å². The second-order valence-electron chi connectivity index (χ2n) is 7.08. The van der Waals surface area contributed by atoms with Crippen LogP contribution in [0.2, 0.25) is 0 Å². The molecule has 0 saturated carbocycles. The van der Waals surface area contributed by atoms with Gasteiger partial charge in [-0.1, -0.05) is 36.4 Å². The maximum absolute atomic E-state index is 13.1. The Morgan fingerprint density at radius 2 is 1.64 bits per heavy atom. The molecule has 0 spiro atoms. The normalized spacial score (nSPS) is 11.2. The number of nitrogens with zero attached hydrogens (tertiary/aromatic N) is 1. The summed E-state index contributed by atoms with van der Waals surface area (Å²) in [5, 5.41) is 4.13. The number of amides is 1. The Hall–Kier alpha value is -3.44. The maximum atomic E-state index is 13.1. The van der Waals surface area contributed by atoms with Gasteiger partial charge >= 0.3 is 0 Å². The zero-order valence-electron chi connectivity index (χ0n) is 15.8. The van der Waals surface area contributed by atoms with Crippen molar-refractivity contribution >= 4 is 33.4 Å². The molecule has 5 heteroatoms. The zero-order valence-corrected chi connectivity index (χ0v) is 15.8. The first-order valence-electron chi connectivity index (χ1n) is 9.12. The van der Waals surface area contributed by atoms with E-state index in [1.54, 1.807) is 24.3 Å². The number of nitrogens with one attached hydrogen (secondary N) is 2. The van der Waals surface area contributed by atoms with Crippen molar-refractivity contribution in [2.75, 3.05) is 19.4 Å². The second kappa shape index (κ2) is 7.29. The van der Waals surface area contributed by atoms with Crippen LogP contribution in [0.4, 0.5) is 5.69 Å². The number of H-pyrrole nitrogens is 1. The van der Waals surface area contributed by atoms with Gasteiger partial charge in [-0.15, -0.1) is 0 Å². The fraction of sp³-hybridized carbons (Fsp3) is 0.130. The molecular formula is C23H21N3O2. The molecule has 0 unspecified atom stereocenters. The molecule has 0 aliphatic heterocycles. The van der Waals surface area contributed by atoms with Crippen LogP contribution in [0.1, 0.15) is 15.9 Å². The van der Waals surface area contributed by atoms with Crippen LogP contribution >= 0.6 is 0 Å². The lowest BCUT2D eigenvalue weighted by molar-refractivity contribution is 0.102. The van der Waals surface area contributed by atoms with Gasteiger partial charge in [-0.05, 0) is 50.0 Å². The predicted molar refractivity (Wildman–Crippen MR) is 114 cm³/mol. The molecule has 1 heterocycles. The van der Waals surface area contributed by atoms with Gasteiger partial charge in [-0.3, -0.25) is 9.59 Å².